The molecule has 22 heavy (non-hydrogen) atoms. The molecule has 0 aromatic heterocycles. The molecular weight excluding hydrogens is 306 g/mol. The summed E-state index contributed by atoms with van der Waals surface area (Å²) in [5.74, 6) is 6.14. The highest BCUT2D eigenvalue weighted by Crippen LogP contribution is 2.26. The van der Waals surface area contributed by atoms with Gasteiger partial charge in [0, 0.05) is 17.6 Å². The van der Waals surface area contributed by atoms with Crippen molar-refractivity contribution in [3.8, 4) is 5.75 Å². The number of aliphatic hydroxyl groups excluding tert-OH is 1. The van der Waals surface area contributed by atoms with Gasteiger partial charge in [-0.1, -0.05) is 18.5 Å². The molecule has 1 aliphatic heterocycles. The number of hydrazine groups is 1. The number of aliphatic hydroxyl groups is 1. The van der Waals surface area contributed by atoms with Crippen LogP contribution in [0.4, 0.5) is 0 Å². The SMILES string of the molecule is CCN1C[C@@H](N(N)C(=O)c2cc(Cl)ccc2OC)C[C@H]1CO. The summed E-state index contributed by atoms with van der Waals surface area (Å²) in [6.45, 7) is 3.54. The number of halogens is 1. The molecule has 1 aromatic rings. The summed E-state index contributed by atoms with van der Waals surface area (Å²) in [5, 5.41) is 11.1. The van der Waals surface area contributed by atoms with Crippen LogP contribution in [0.3, 0.4) is 0 Å². The molecule has 3 N–H and O–H groups in total. The molecule has 0 spiro atoms. The van der Waals surface area contributed by atoms with Gasteiger partial charge in [0.15, 0.2) is 0 Å². The largest absolute Gasteiger partial charge is 0.496 e. The fraction of sp³-hybridized carbons (Fsp3) is 0.533. The molecule has 1 heterocycles. The van der Waals surface area contributed by atoms with Crippen LogP contribution >= 0.6 is 11.6 Å². The van der Waals surface area contributed by atoms with Gasteiger partial charge in [-0.3, -0.25) is 14.7 Å². The zero-order valence-corrected chi connectivity index (χ0v) is 13.6. The van der Waals surface area contributed by atoms with Crippen molar-refractivity contribution in [2.45, 2.75) is 25.4 Å². The van der Waals surface area contributed by atoms with Crippen LogP contribution in [-0.2, 0) is 0 Å². The zero-order valence-electron chi connectivity index (χ0n) is 12.8. The van der Waals surface area contributed by atoms with E-state index in [-0.39, 0.29) is 24.6 Å². The highest BCUT2D eigenvalue weighted by Gasteiger charge is 2.35. The van der Waals surface area contributed by atoms with Crippen LogP contribution in [0.25, 0.3) is 0 Å². The molecule has 7 heteroatoms. The standard InChI is InChI=1S/C15H22ClN3O3/c1-3-18-8-11(7-12(18)9-20)19(17)15(21)13-6-10(16)4-5-14(13)22-2/h4-6,11-12,20H,3,7-9,17H2,1-2H3/t11-,12-/m0/s1. The Hall–Kier alpha value is -1.34. The van der Waals surface area contributed by atoms with E-state index in [0.29, 0.717) is 29.3 Å². The lowest BCUT2D eigenvalue weighted by Crippen LogP contribution is -2.47. The lowest BCUT2D eigenvalue weighted by molar-refractivity contribution is 0.0679. The first-order valence-corrected chi connectivity index (χ1v) is 7.66. The molecule has 2 atom stereocenters. The molecule has 0 radical (unpaired) electrons. The van der Waals surface area contributed by atoms with Gasteiger partial charge in [-0.2, -0.15) is 0 Å². The van der Waals surface area contributed by atoms with E-state index in [2.05, 4.69) is 4.90 Å². The second kappa shape index (κ2) is 7.28. The van der Waals surface area contributed by atoms with Gasteiger partial charge in [0.1, 0.15) is 5.75 Å². The number of likely N-dealkylation sites (N-methyl/N-ethyl adjacent to an activating group) is 1. The maximum absolute atomic E-state index is 12.6. The van der Waals surface area contributed by atoms with Gasteiger partial charge < -0.3 is 9.84 Å². The minimum atomic E-state index is -0.334. The third-order valence-corrected chi connectivity index (χ3v) is 4.38. The van der Waals surface area contributed by atoms with Gasteiger partial charge in [-0.15, -0.1) is 0 Å². The highest BCUT2D eigenvalue weighted by molar-refractivity contribution is 6.31. The Morgan fingerprint density at radius 1 is 1.59 bits per heavy atom. The van der Waals surface area contributed by atoms with Crippen LogP contribution in [-0.4, -0.2) is 59.8 Å². The quantitative estimate of drug-likeness (QED) is 0.481. The number of benzene rings is 1. The highest BCUT2D eigenvalue weighted by atomic mass is 35.5. The number of methoxy groups -OCH3 is 1. The van der Waals surface area contributed by atoms with Crippen molar-refractivity contribution in [3.63, 3.8) is 0 Å². The molecule has 0 saturated carbocycles. The Labute approximate surface area is 135 Å². The molecule has 1 saturated heterocycles. The summed E-state index contributed by atoms with van der Waals surface area (Å²) in [5.41, 5.74) is 0.341. The first kappa shape index (κ1) is 17.0. The van der Waals surface area contributed by atoms with Crippen molar-refractivity contribution >= 4 is 17.5 Å². The monoisotopic (exact) mass is 327 g/mol. The van der Waals surface area contributed by atoms with Gasteiger partial charge in [0.05, 0.1) is 25.3 Å². The van der Waals surface area contributed by atoms with Gasteiger partial charge in [-0.25, -0.2) is 5.84 Å². The molecule has 0 aliphatic carbocycles. The fourth-order valence-electron chi connectivity index (χ4n) is 2.89. The van der Waals surface area contributed by atoms with Crippen molar-refractivity contribution < 1.29 is 14.6 Å². The number of carbonyl (C=O) groups excluding carboxylic acids is 1. The number of likely N-dealkylation sites (tertiary alicyclic amines) is 1. The maximum atomic E-state index is 12.6. The smallest absolute Gasteiger partial charge is 0.271 e. The summed E-state index contributed by atoms with van der Waals surface area (Å²) in [4.78, 5) is 14.8. The third kappa shape index (κ3) is 3.35. The number of ether oxygens (including phenoxy) is 1. The average molecular weight is 328 g/mol. The van der Waals surface area contributed by atoms with Crippen LogP contribution in [0.1, 0.15) is 23.7 Å². The molecule has 1 aromatic carbocycles. The van der Waals surface area contributed by atoms with Gasteiger partial charge in [-0.05, 0) is 31.2 Å². The molecule has 122 valence electrons. The Morgan fingerprint density at radius 3 is 2.86 bits per heavy atom. The zero-order chi connectivity index (χ0) is 16.3. The van der Waals surface area contributed by atoms with Crippen molar-refractivity contribution in [1.29, 1.82) is 0 Å². The van der Waals surface area contributed by atoms with Crippen LogP contribution in [0.5, 0.6) is 5.75 Å². The first-order valence-electron chi connectivity index (χ1n) is 7.28. The molecule has 1 amide bonds. The van der Waals surface area contributed by atoms with Crippen molar-refractivity contribution in [1.82, 2.24) is 9.91 Å². The predicted molar refractivity (Wildman–Crippen MR) is 84.9 cm³/mol. The number of hydrogen-bond acceptors (Lipinski definition) is 5. The fourth-order valence-corrected chi connectivity index (χ4v) is 3.06. The predicted octanol–water partition coefficient (Wildman–Crippen LogP) is 1.12. The lowest BCUT2D eigenvalue weighted by atomic mass is 10.1. The summed E-state index contributed by atoms with van der Waals surface area (Å²) < 4.78 is 5.21. The molecule has 0 unspecified atom stereocenters. The van der Waals surface area contributed by atoms with Crippen molar-refractivity contribution in [2.24, 2.45) is 5.84 Å². The second-order valence-corrected chi connectivity index (χ2v) is 5.81. The van der Waals surface area contributed by atoms with Gasteiger partial charge >= 0.3 is 0 Å². The van der Waals surface area contributed by atoms with E-state index in [0.717, 1.165) is 6.54 Å². The van der Waals surface area contributed by atoms with E-state index in [1.54, 1.807) is 18.2 Å². The molecule has 1 fully saturated rings. The van der Waals surface area contributed by atoms with E-state index < -0.39 is 0 Å². The van der Waals surface area contributed by atoms with E-state index in [1.807, 2.05) is 6.92 Å². The van der Waals surface area contributed by atoms with E-state index >= 15 is 0 Å². The summed E-state index contributed by atoms with van der Waals surface area (Å²) >= 11 is 5.97. The van der Waals surface area contributed by atoms with Crippen LogP contribution < -0.4 is 10.6 Å². The van der Waals surface area contributed by atoms with Crippen LogP contribution in [0, 0.1) is 0 Å². The first-order chi connectivity index (χ1) is 10.5. The summed E-state index contributed by atoms with van der Waals surface area (Å²) in [6.07, 6.45) is 0.648. The average Bonchev–Trinajstić information content (AvgIpc) is 2.96. The van der Waals surface area contributed by atoms with Gasteiger partial charge in [0.25, 0.3) is 5.91 Å². The number of rotatable bonds is 5. The van der Waals surface area contributed by atoms with E-state index in [9.17, 15) is 9.90 Å². The minimum Gasteiger partial charge on any atom is -0.496 e. The maximum Gasteiger partial charge on any atom is 0.271 e. The lowest BCUT2D eigenvalue weighted by Gasteiger charge is -2.24. The Balaban J connectivity index is 2.18. The van der Waals surface area contributed by atoms with Crippen LogP contribution in [0.2, 0.25) is 5.02 Å². The van der Waals surface area contributed by atoms with E-state index in [4.69, 9.17) is 22.2 Å². The number of hydrogen-bond donors (Lipinski definition) is 2. The molecule has 6 nitrogen and oxygen atoms in total. The van der Waals surface area contributed by atoms with Crippen molar-refractivity contribution in [2.75, 3.05) is 26.8 Å². The third-order valence-electron chi connectivity index (χ3n) is 4.14. The molecule has 1 aliphatic rings. The second-order valence-electron chi connectivity index (χ2n) is 5.37. The number of amides is 1. The number of nitrogens with zero attached hydrogens (tertiary/aromatic N) is 2. The molecule has 0 bridgehead atoms. The Bertz CT molecular complexity index is 529. The number of nitrogens with two attached hydrogens (primary N) is 1. The minimum absolute atomic E-state index is 0.0371. The van der Waals surface area contributed by atoms with Gasteiger partial charge in [0.2, 0.25) is 0 Å². The number of carbonyl (C=O) groups is 1. The van der Waals surface area contributed by atoms with Crippen molar-refractivity contribution in [3.05, 3.63) is 28.8 Å². The normalized spacial score (nSPS) is 21.9. The van der Waals surface area contributed by atoms with E-state index in [1.165, 1.54) is 12.1 Å². The summed E-state index contributed by atoms with van der Waals surface area (Å²) in [7, 11) is 1.50. The van der Waals surface area contributed by atoms with Crippen LogP contribution in [0.15, 0.2) is 18.2 Å². The molecule has 2 rings (SSSR count). The Kier molecular flexibility index (Phi) is 5.63. The topological polar surface area (TPSA) is 79.0 Å². The molecular formula is C15H22ClN3O3. The Morgan fingerprint density at radius 2 is 2.32 bits per heavy atom. The summed E-state index contributed by atoms with van der Waals surface area (Å²) in [6, 6.07) is 4.75.